The van der Waals surface area contributed by atoms with Gasteiger partial charge in [-0.1, -0.05) is 47.8 Å². The van der Waals surface area contributed by atoms with Crippen LogP contribution >= 0.6 is 15.9 Å². The van der Waals surface area contributed by atoms with E-state index in [0.29, 0.717) is 6.04 Å². The lowest BCUT2D eigenvalue weighted by Gasteiger charge is -2.37. The van der Waals surface area contributed by atoms with E-state index in [2.05, 4.69) is 52.4 Å². The fourth-order valence-electron chi connectivity index (χ4n) is 3.26. The van der Waals surface area contributed by atoms with Gasteiger partial charge in [-0.05, 0) is 43.5 Å². The highest BCUT2D eigenvalue weighted by atomic mass is 79.9. The predicted octanol–water partition coefficient (Wildman–Crippen LogP) is 3.93. The minimum atomic E-state index is 0.0261. The summed E-state index contributed by atoms with van der Waals surface area (Å²) in [6.45, 7) is 3.16. The molecule has 3 heteroatoms. The molecule has 1 aliphatic carbocycles. The molecule has 1 N–H and O–H groups in total. The number of hydrogen-bond acceptors (Lipinski definition) is 2. The molecule has 0 saturated heterocycles. The molecule has 1 aromatic carbocycles. The van der Waals surface area contributed by atoms with Crippen LogP contribution in [0.4, 0.5) is 0 Å². The van der Waals surface area contributed by atoms with E-state index in [9.17, 15) is 0 Å². The lowest BCUT2D eigenvalue weighted by atomic mass is 9.87. The fourth-order valence-corrected chi connectivity index (χ4v) is 3.71. The van der Waals surface area contributed by atoms with Crippen LogP contribution in [0, 0.1) is 0 Å². The Morgan fingerprint density at radius 1 is 1.37 bits per heavy atom. The number of rotatable bonds is 6. The molecule has 2 rings (SSSR count). The third kappa shape index (κ3) is 3.59. The van der Waals surface area contributed by atoms with Crippen LogP contribution in [0.5, 0.6) is 0 Å². The van der Waals surface area contributed by atoms with E-state index in [-0.39, 0.29) is 5.60 Å². The molecule has 0 radical (unpaired) electrons. The van der Waals surface area contributed by atoms with Gasteiger partial charge in [0.05, 0.1) is 5.60 Å². The standard InChI is InChI=1S/C16H24BrNO/c1-3-18-15(16(19-2)9-4-5-10-16)12-13-7-6-8-14(17)11-13/h6-8,11,15,18H,3-5,9-10,12H2,1-2H3. The van der Waals surface area contributed by atoms with Gasteiger partial charge in [0.1, 0.15) is 0 Å². The zero-order chi connectivity index (χ0) is 13.7. The van der Waals surface area contributed by atoms with Crippen LogP contribution < -0.4 is 5.32 Å². The highest BCUT2D eigenvalue weighted by Gasteiger charge is 2.41. The van der Waals surface area contributed by atoms with Crippen molar-refractivity contribution in [1.82, 2.24) is 5.32 Å². The molecule has 1 fully saturated rings. The molecule has 1 saturated carbocycles. The zero-order valence-corrected chi connectivity index (χ0v) is 13.5. The minimum Gasteiger partial charge on any atom is -0.377 e. The monoisotopic (exact) mass is 325 g/mol. The summed E-state index contributed by atoms with van der Waals surface area (Å²) in [5, 5.41) is 3.64. The molecule has 0 heterocycles. The van der Waals surface area contributed by atoms with Gasteiger partial charge in [0.15, 0.2) is 0 Å². The summed E-state index contributed by atoms with van der Waals surface area (Å²) in [7, 11) is 1.87. The van der Waals surface area contributed by atoms with Gasteiger partial charge in [-0.3, -0.25) is 0 Å². The quantitative estimate of drug-likeness (QED) is 0.855. The third-order valence-electron chi connectivity index (χ3n) is 4.27. The number of hydrogen-bond donors (Lipinski definition) is 1. The molecule has 1 aromatic rings. The lowest BCUT2D eigenvalue weighted by Crippen LogP contribution is -2.51. The number of nitrogens with one attached hydrogen (secondary N) is 1. The molecule has 0 aromatic heterocycles. The number of halogens is 1. The molecule has 1 aliphatic rings. The Kier molecular flexibility index (Phi) is 5.43. The summed E-state index contributed by atoms with van der Waals surface area (Å²) in [5.41, 5.74) is 1.39. The van der Waals surface area contributed by atoms with Gasteiger partial charge < -0.3 is 10.1 Å². The van der Waals surface area contributed by atoms with Crippen molar-refractivity contribution in [2.75, 3.05) is 13.7 Å². The average Bonchev–Trinajstić information content (AvgIpc) is 2.88. The number of ether oxygens (including phenoxy) is 1. The van der Waals surface area contributed by atoms with Crippen LogP contribution in [0.2, 0.25) is 0 Å². The van der Waals surface area contributed by atoms with Gasteiger partial charge in [0, 0.05) is 17.6 Å². The van der Waals surface area contributed by atoms with Crippen LogP contribution in [-0.2, 0) is 11.2 Å². The highest BCUT2D eigenvalue weighted by Crippen LogP contribution is 2.37. The molecule has 2 nitrogen and oxygen atoms in total. The van der Waals surface area contributed by atoms with Gasteiger partial charge >= 0.3 is 0 Å². The van der Waals surface area contributed by atoms with E-state index in [1.165, 1.54) is 31.2 Å². The summed E-state index contributed by atoms with van der Waals surface area (Å²) in [6.07, 6.45) is 5.95. The van der Waals surface area contributed by atoms with Gasteiger partial charge in [-0.2, -0.15) is 0 Å². The van der Waals surface area contributed by atoms with E-state index in [0.717, 1.165) is 17.4 Å². The molecule has 19 heavy (non-hydrogen) atoms. The van der Waals surface area contributed by atoms with Crippen molar-refractivity contribution >= 4 is 15.9 Å². The van der Waals surface area contributed by atoms with Crippen molar-refractivity contribution in [3.8, 4) is 0 Å². The maximum Gasteiger partial charge on any atom is 0.0834 e. The highest BCUT2D eigenvalue weighted by molar-refractivity contribution is 9.10. The number of methoxy groups -OCH3 is 1. The first-order chi connectivity index (χ1) is 9.20. The van der Waals surface area contributed by atoms with E-state index in [4.69, 9.17) is 4.74 Å². The average molecular weight is 326 g/mol. The van der Waals surface area contributed by atoms with Crippen molar-refractivity contribution in [2.24, 2.45) is 0 Å². The Labute approximate surface area is 125 Å². The van der Waals surface area contributed by atoms with E-state index in [1.807, 2.05) is 7.11 Å². The minimum absolute atomic E-state index is 0.0261. The van der Waals surface area contributed by atoms with Crippen LogP contribution in [0.25, 0.3) is 0 Å². The molecule has 0 spiro atoms. The summed E-state index contributed by atoms with van der Waals surface area (Å²) < 4.78 is 7.09. The van der Waals surface area contributed by atoms with E-state index < -0.39 is 0 Å². The molecule has 0 bridgehead atoms. The van der Waals surface area contributed by atoms with Gasteiger partial charge in [0.2, 0.25) is 0 Å². The Bertz CT molecular complexity index is 401. The van der Waals surface area contributed by atoms with Crippen LogP contribution in [0.3, 0.4) is 0 Å². The first-order valence-electron chi connectivity index (χ1n) is 7.23. The zero-order valence-electron chi connectivity index (χ0n) is 11.9. The van der Waals surface area contributed by atoms with Crippen LogP contribution in [-0.4, -0.2) is 25.3 Å². The maximum atomic E-state index is 5.94. The summed E-state index contributed by atoms with van der Waals surface area (Å²) >= 11 is 3.55. The Hall–Kier alpha value is -0.380. The maximum absolute atomic E-state index is 5.94. The number of benzene rings is 1. The SMILES string of the molecule is CCNC(Cc1cccc(Br)c1)C1(OC)CCCC1. The molecule has 0 aliphatic heterocycles. The first-order valence-corrected chi connectivity index (χ1v) is 8.02. The molecule has 1 unspecified atom stereocenters. The molecule has 1 atom stereocenters. The summed E-state index contributed by atoms with van der Waals surface area (Å²) in [6, 6.07) is 9.00. The molecular weight excluding hydrogens is 302 g/mol. The van der Waals surface area contributed by atoms with Crippen molar-refractivity contribution < 1.29 is 4.74 Å². The van der Waals surface area contributed by atoms with E-state index in [1.54, 1.807) is 0 Å². The first kappa shape index (κ1) is 15.0. The van der Waals surface area contributed by atoms with Crippen molar-refractivity contribution in [2.45, 2.75) is 50.7 Å². The second-order valence-electron chi connectivity index (χ2n) is 5.42. The Balaban J connectivity index is 2.15. The second-order valence-corrected chi connectivity index (χ2v) is 6.34. The largest absolute Gasteiger partial charge is 0.377 e. The van der Waals surface area contributed by atoms with E-state index >= 15 is 0 Å². The summed E-state index contributed by atoms with van der Waals surface area (Å²) in [5.74, 6) is 0. The van der Waals surface area contributed by atoms with Gasteiger partial charge in [0.25, 0.3) is 0 Å². The van der Waals surface area contributed by atoms with Crippen LogP contribution in [0.1, 0.15) is 38.2 Å². The predicted molar refractivity (Wildman–Crippen MR) is 83.5 cm³/mol. The topological polar surface area (TPSA) is 21.3 Å². The Morgan fingerprint density at radius 2 is 2.11 bits per heavy atom. The van der Waals surface area contributed by atoms with Crippen molar-refractivity contribution in [3.63, 3.8) is 0 Å². The molecular formula is C16H24BrNO. The Morgan fingerprint density at radius 3 is 2.68 bits per heavy atom. The number of likely N-dealkylation sites (N-methyl/N-ethyl adjacent to an activating group) is 1. The second kappa shape index (κ2) is 6.87. The molecule has 0 amide bonds. The smallest absolute Gasteiger partial charge is 0.0834 e. The normalized spacial score (nSPS) is 19.5. The molecule has 106 valence electrons. The van der Waals surface area contributed by atoms with Crippen LogP contribution in [0.15, 0.2) is 28.7 Å². The lowest BCUT2D eigenvalue weighted by molar-refractivity contribution is -0.0351. The third-order valence-corrected chi connectivity index (χ3v) is 4.76. The fraction of sp³-hybridized carbons (Fsp3) is 0.625. The van der Waals surface area contributed by atoms with Crippen molar-refractivity contribution in [3.05, 3.63) is 34.3 Å². The summed E-state index contributed by atoms with van der Waals surface area (Å²) in [4.78, 5) is 0. The van der Waals surface area contributed by atoms with Gasteiger partial charge in [-0.25, -0.2) is 0 Å². The van der Waals surface area contributed by atoms with Crippen molar-refractivity contribution in [1.29, 1.82) is 0 Å². The van der Waals surface area contributed by atoms with Gasteiger partial charge in [-0.15, -0.1) is 0 Å².